The first-order chi connectivity index (χ1) is 14.3. The number of benzene rings is 1. The quantitative estimate of drug-likeness (QED) is 0.651. The number of hydrogen-bond acceptors (Lipinski definition) is 5. The number of carbonyl (C=O) groups is 4. The van der Waals surface area contributed by atoms with Gasteiger partial charge in [0.15, 0.2) is 6.61 Å². The number of nitrogens with one attached hydrogen (secondary N) is 1. The Kier molecular flexibility index (Phi) is 8.83. The number of para-hydroxylation sites is 1. The Morgan fingerprint density at radius 2 is 1.50 bits per heavy atom. The van der Waals surface area contributed by atoms with Crippen molar-refractivity contribution in [2.45, 2.75) is 46.5 Å². The number of amides is 3. The van der Waals surface area contributed by atoms with Crippen LogP contribution in [-0.2, 0) is 36.8 Å². The highest BCUT2D eigenvalue weighted by Crippen LogP contribution is 2.22. The molecule has 1 saturated heterocycles. The smallest absolute Gasteiger partial charge is 0.306 e. The standard InChI is InChI=1S/C22H31N3O5/c1-4-17-7-6-8-18(5-2)22(17)23-19(27)15-30-21(29)10-9-20(28)25-13-11-24(12-14-25)16(3)26/h6-8H,4-5,9-15H2,1-3H3,(H,23,27). The van der Waals surface area contributed by atoms with Crippen molar-refractivity contribution in [2.24, 2.45) is 0 Å². The number of piperazine rings is 1. The summed E-state index contributed by atoms with van der Waals surface area (Å²) in [6, 6.07) is 5.88. The van der Waals surface area contributed by atoms with Gasteiger partial charge in [-0.25, -0.2) is 0 Å². The van der Waals surface area contributed by atoms with Gasteiger partial charge in [-0.15, -0.1) is 0 Å². The Morgan fingerprint density at radius 3 is 2.03 bits per heavy atom. The fourth-order valence-electron chi connectivity index (χ4n) is 3.43. The van der Waals surface area contributed by atoms with Crippen molar-refractivity contribution in [1.82, 2.24) is 9.80 Å². The summed E-state index contributed by atoms with van der Waals surface area (Å²) in [4.78, 5) is 51.1. The summed E-state index contributed by atoms with van der Waals surface area (Å²) in [6.45, 7) is 7.09. The van der Waals surface area contributed by atoms with Gasteiger partial charge in [-0.1, -0.05) is 32.0 Å². The topological polar surface area (TPSA) is 96.0 Å². The van der Waals surface area contributed by atoms with E-state index in [2.05, 4.69) is 5.32 Å². The first kappa shape index (κ1) is 23.4. The zero-order valence-corrected chi connectivity index (χ0v) is 18.0. The lowest BCUT2D eigenvalue weighted by Gasteiger charge is -2.34. The highest BCUT2D eigenvalue weighted by Gasteiger charge is 2.23. The van der Waals surface area contributed by atoms with E-state index in [9.17, 15) is 19.2 Å². The van der Waals surface area contributed by atoms with E-state index in [4.69, 9.17) is 4.74 Å². The lowest BCUT2D eigenvalue weighted by molar-refractivity contribution is -0.149. The van der Waals surface area contributed by atoms with E-state index in [-0.39, 0.29) is 31.3 Å². The Balaban J connectivity index is 1.74. The number of nitrogens with zero attached hydrogens (tertiary/aromatic N) is 2. The molecule has 2 rings (SSSR count). The van der Waals surface area contributed by atoms with Gasteiger partial charge in [0.1, 0.15) is 0 Å². The molecule has 0 aromatic heterocycles. The minimum atomic E-state index is -0.583. The summed E-state index contributed by atoms with van der Waals surface area (Å²) in [5.74, 6) is -1.13. The third-order valence-corrected chi connectivity index (χ3v) is 5.25. The molecule has 0 saturated carbocycles. The summed E-state index contributed by atoms with van der Waals surface area (Å²) in [7, 11) is 0. The summed E-state index contributed by atoms with van der Waals surface area (Å²) in [5, 5.41) is 2.84. The van der Waals surface area contributed by atoms with Crippen molar-refractivity contribution in [1.29, 1.82) is 0 Å². The molecule has 0 radical (unpaired) electrons. The second-order valence-corrected chi connectivity index (χ2v) is 7.25. The van der Waals surface area contributed by atoms with Crippen LogP contribution in [-0.4, -0.2) is 66.3 Å². The number of esters is 1. The van der Waals surface area contributed by atoms with Gasteiger partial charge < -0.3 is 19.9 Å². The van der Waals surface area contributed by atoms with E-state index in [1.54, 1.807) is 9.80 Å². The van der Waals surface area contributed by atoms with Crippen LogP contribution in [0, 0.1) is 0 Å². The molecule has 1 heterocycles. The second-order valence-electron chi connectivity index (χ2n) is 7.25. The average molecular weight is 418 g/mol. The monoisotopic (exact) mass is 417 g/mol. The summed E-state index contributed by atoms with van der Waals surface area (Å²) in [6.07, 6.45) is 1.52. The molecule has 1 aromatic rings. The molecule has 1 aliphatic rings. The second kappa shape index (κ2) is 11.3. The van der Waals surface area contributed by atoms with E-state index in [1.807, 2.05) is 32.0 Å². The molecule has 8 nitrogen and oxygen atoms in total. The van der Waals surface area contributed by atoms with Gasteiger partial charge in [0.05, 0.1) is 6.42 Å². The molecular formula is C22H31N3O5. The fourth-order valence-corrected chi connectivity index (χ4v) is 3.43. The zero-order chi connectivity index (χ0) is 22.1. The zero-order valence-electron chi connectivity index (χ0n) is 18.0. The van der Waals surface area contributed by atoms with Crippen molar-refractivity contribution in [2.75, 3.05) is 38.1 Å². The van der Waals surface area contributed by atoms with Crippen molar-refractivity contribution < 1.29 is 23.9 Å². The molecule has 164 valence electrons. The third kappa shape index (κ3) is 6.57. The number of carbonyl (C=O) groups excluding carboxylic acids is 4. The lowest BCUT2D eigenvalue weighted by atomic mass is 10.0. The van der Waals surface area contributed by atoms with E-state index in [0.717, 1.165) is 29.7 Å². The fraction of sp³-hybridized carbons (Fsp3) is 0.545. The van der Waals surface area contributed by atoms with Crippen molar-refractivity contribution in [3.63, 3.8) is 0 Å². The lowest BCUT2D eigenvalue weighted by Crippen LogP contribution is -2.50. The molecule has 3 amide bonds. The van der Waals surface area contributed by atoms with E-state index in [0.29, 0.717) is 26.2 Å². The van der Waals surface area contributed by atoms with Gasteiger partial charge in [0.2, 0.25) is 11.8 Å². The van der Waals surface area contributed by atoms with Gasteiger partial charge in [0.25, 0.3) is 5.91 Å². The van der Waals surface area contributed by atoms with Crippen molar-refractivity contribution in [3.8, 4) is 0 Å². The van der Waals surface area contributed by atoms with Crippen molar-refractivity contribution in [3.05, 3.63) is 29.3 Å². The molecule has 1 N–H and O–H groups in total. The predicted molar refractivity (Wildman–Crippen MR) is 113 cm³/mol. The first-order valence-corrected chi connectivity index (χ1v) is 10.4. The van der Waals surface area contributed by atoms with Crippen molar-refractivity contribution >= 4 is 29.4 Å². The first-order valence-electron chi connectivity index (χ1n) is 10.4. The van der Waals surface area contributed by atoms with Gasteiger partial charge in [-0.2, -0.15) is 0 Å². The molecule has 0 bridgehead atoms. The number of hydrogen-bond donors (Lipinski definition) is 1. The highest BCUT2D eigenvalue weighted by molar-refractivity contribution is 5.94. The molecular weight excluding hydrogens is 386 g/mol. The molecule has 8 heteroatoms. The van der Waals surface area contributed by atoms with Crippen LogP contribution in [0.3, 0.4) is 0 Å². The van der Waals surface area contributed by atoms with Crippen LogP contribution in [0.4, 0.5) is 5.69 Å². The molecule has 0 unspecified atom stereocenters. The summed E-state index contributed by atoms with van der Waals surface area (Å²) >= 11 is 0. The maximum atomic E-state index is 12.2. The number of rotatable bonds is 8. The van der Waals surface area contributed by atoms with E-state index in [1.165, 1.54) is 6.92 Å². The van der Waals surface area contributed by atoms with Crippen LogP contribution in [0.25, 0.3) is 0 Å². The maximum Gasteiger partial charge on any atom is 0.306 e. The highest BCUT2D eigenvalue weighted by atomic mass is 16.5. The maximum absolute atomic E-state index is 12.2. The summed E-state index contributed by atoms with van der Waals surface area (Å²) in [5.41, 5.74) is 2.84. The molecule has 0 spiro atoms. The van der Waals surface area contributed by atoms with E-state index < -0.39 is 11.9 Å². The van der Waals surface area contributed by atoms with Gasteiger partial charge in [-0.05, 0) is 24.0 Å². The minimum absolute atomic E-state index is 0.00318. The SMILES string of the molecule is CCc1cccc(CC)c1NC(=O)COC(=O)CCC(=O)N1CCN(C(C)=O)CC1. The van der Waals surface area contributed by atoms with Crippen LogP contribution >= 0.6 is 0 Å². The van der Waals surface area contributed by atoms with Gasteiger partial charge >= 0.3 is 5.97 Å². The number of ether oxygens (including phenoxy) is 1. The van der Waals surface area contributed by atoms with Crippen LogP contribution in [0.1, 0.15) is 44.7 Å². The Morgan fingerprint density at radius 1 is 0.933 bits per heavy atom. The van der Waals surface area contributed by atoms with Gasteiger partial charge in [-0.3, -0.25) is 19.2 Å². The molecule has 1 fully saturated rings. The summed E-state index contributed by atoms with van der Waals surface area (Å²) < 4.78 is 5.03. The largest absolute Gasteiger partial charge is 0.456 e. The Bertz CT molecular complexity index is 763. The third-order valence-electron chi connectivity index (χ3n) is 5.25. The van der Waals surface area contributed by atoms with Crippen LogP contribution in [0.15, 0.2) is 18.2 Å². The molecule has 30 heavy (non-hydrogen) atoms. The predicted octanol–water partition coefficient (Wildman–Crippen LogP) is 1.76. The Hall–Kier alpha value is -2.90. The Labute approximate surface area is 177 Å². The average Bonchev–Trinajstić information content (AvgIpc) is 2.76. The van der Waals surface area contributed by atoms with Crippen LogP contribution in [0.2, 0.25) is 0 Å². The molecule has 1 aliphatic heterocycles. The van der Waals surface area contributed by atoms with Crippen LogP contribution < -0.4 is 5.32 Å². The normalized spacial score (nSPS) is 13.7. The molecule has 0 aliphatic carbocycles. The minimum Gasteiger partial charge on any atom is -0.456 e. The molecule has 1 aromatic carbocycles. The van der Waals surface area contributed by atoms with Crippen LogP contribution in [0.5, 0.6) is 0 Å². The number of aryl methyl sites for hydroxylation is 2. The van der Waals surface area contributed by atoms with Gasteiger partial charge in [0, 0.05) is 45.2 Å². The number of anilines is 1. The molecule has 0 atom stereocenters. The van der Waals surface area contributed by atoms with E-state index >= 15 is 0 Å².